The number of aromatic nitrogens is 1. The fourth-order valence-corrected chi connectivity index (χ4v) is 2.57. The summed E-state index contributed by atoms with van der Waals surface area (Å²) in [4.78, 5) is 14.2. The molecule has 1 aliphatic heterocycles. The normalized spacial score (nSPS) is 19.7. The van der Waals surface area contributed by atoms with Crippen molar-refractivity contribution in [2.75, 3.05) is 6.54 Å². The molecule has 1 amide bonds. The number of hydrogen-bond donors (Lipinski definition) is 0. The summed E-state index contributed by atoms with van der Waals surface area (Å²) >= 11 is 0. The van der Waals surface area contributed by atoms with Crippen molar-refractivity contribution in [3.05, 3.63) is 17.5 Å². The first-order valence-electron chi connectivity index (χ1n) is 7.25. The number of likely N-dealkylation sites (tertiary alicyclic amines) is 1. The maximum atomic E-state index is 12.2. The Hall–Kier alpha value is -1.32. The van der Waals surface area contributed by atoms with Gasteiger partial charge in [-0.15, -0.1) is 0 Å². The largest absolute Gasteiger partial charge is 0.361 e. The molecular formula is C15H24N2O2. The lowest BCUT2D eigenvalue weighted by atomic mass is 10.1. The van der Waals surface area contributed by atoms with Crippen LogP contribution in [0.2, 0.25) is 0 Å². The number of hydrogen-bond acceptors (Lipinski definition) is 3. The molecule has 4 heteroatoms. The first kappa shape index (κ1) is 14.1. The molecule has 19 heavy (non-hydrogen) atoms. The highest BCUT2D eigenvalue weighted by atomic mass is 16.5. The maximum absolute atomic E-state index is 12.2. The molecule has 2 heterocycles. The van der Waals surface area contributed by atoms with Gasteiger partial charge in [0.2, 0.25) is 5.91 Å². The molecule has 0 unspecified atom stereocenters. The van der Waals surface area contributed by atoms with Crippen molar-refractivity contribution >= 4 is 5.91 Å². The Morgan fingerprint density at radius 3 is 2.79 bits per heavy atom. The predicted octanol–water partition coefficient (Wildman–Crippen LogP) is 3.51. The summed E-state index contributed by atoms with van der Waals surface area (Å²) in [6.45, 7) is 9.17. The van der Waals surface area contributed by atoms with Crippen LogP contribution in [-0.2, 0) is 4.79 Å². The third kappa shape index (κ3) is 3.17. The molecule has 2 rings (SSSR count). The van der Waals surface area contributed by atoms with Gasteiger partial charge in [0.05, 0.1) is 6.04 Å². The van der Waals surface area contributed by atoms with Crippen molar-refractivity contribution < 1.29 is 9.32 Å². The molecule has 1 saturated heterocycles. The summed E-state index contributed by atoms with van der Waals surface area (Å²) < 4.78 is 5.36. The molecule has 1 aliphatic rings. The van der Waals surface area contributed by atoms with Gasteiger partial charge in [0.15, 0.2) is 0 Å². The highest BCUT2D eigenvalue weighted by molar-refractivity contribution is 5.77. The second-order valence-corrected chi connectivity index (χ2v) is 6.15. The molecule has 1 aromatic rings. The second kappa shape index (κ2) is 5.76. The molecule has 106 valence electrons. The van der Waals surface area contributed by atoms with Gasteiger partial charge in [-0.2, -0.15) is 0 Å². The average Bonchev–Trinajstić information content (AvgIpc) is 2.96. The fourth-order valence-electron chi connectivity index (χ4n) is 2.57. The molecule has 1 fully saturated rings. The minimum Gasteiger partial charge on any atom is -0.361 e. The highest BCUT2D eigenvalue weighted by Gasteiger charge is 2.32. The zero-order valence-corrected chi connectivity index (χ0v) is 12.3. The highest BCUT2D eigenvalue weighted by Crippen LogP contribution is 2.33. The van der Waals surface area contributed by atoms with Crippen molar-refractivity contribution in [2.24, 2.45) is 5.92 Å². The Kier molecular flexibility index (Phi) is 4.27. The van der Waals surface area contributed by atoms with Gasteiger partial charge in [0, 0.05) is 24.9 Å². The van der Waals surface area contributed by atoms with E-state index in [4.69, 9.17) is 4.52 Å². The zero-order chi connectivity index (χ0) is 14.0. The maximum Gasteiger partial charge on any atom is 0.223 e. The molecular weight excluding hydrogens is 240 g/mol. The van der Waals surface area contributed by atoms with Crippen LogP contribution in [0.1, 0.15) is 70.4 Å². The summed E-state index contributed by atoms with van der Waals surface area (Å²) in [5.74, 6) is 1.88. The van der Waals surface area contributed by atoms with E-state index in [9.17, 15) is 4.79 Å². The summed E-state index contributed by atoms with van der Waals surface area (Å²) in [7, 11) is 0. The zero-order valence-electron chi connectivity index (χ0n) is 12.3. The van der Waals surface area contributed by atoms with Crippen LogP contribution in [0, 0.1) is 5.92 Å². The standard InChI is InChI=1S/C15H24N2O2/c1-10(2)8-15(18)17-7-5-6-13(17)12-9-14(11(3)4)19-16-12/h9-11,13H,5-8H2,1-4H3/t13-/m1/s1. The Bertz CT molecular complexity index is 437. The molecule has 1 atom stereocenters. The molecule has 1 aromatic heterocycles. The van der Waals surface area contributed by atoms with Crippen LogP contribution in [0.25, 0.3) is 0 Å². The van der Waals surface area contributed by atoms with Crippen molar-refractivity contribution in [3.8, 4) is 0 Å². The molecule has 0 radical (unpaired) electrons. The van der Waals surface area contributed by atoms with Crippen LogP contribution in [0.5, 0.6) is 0 Å². The summed E-state index contributed by atoms with van der Waals surface area (Å²) in [6, 6.07) is 2.12. The van der Waals surface area contributed by atoms with Gasteiger partial charge in [0.25, 0.3) is 0 Å². The quantitative estimate of drug-likeness (QED) is 0.836. The summed E-state index contributed by atoms with van der Waals surface area (Å²) in [5, 5.41) is 4.16. The first-order chi connectivity index (χ1) is 8.99. The van der Waals surface area contributed by atoms with Gasteiger partial charge in [-0.05, 0) is 18.8 Å². The van der Waals surface area contributed by atoms with Gasteiger partial charge >= 0.3 is 0 Å². The van der Waals surface area contributed by atoms with Crippen LogP contribution in [-0.4, -0.2) is 22.5 Å². The molecule has 0 bridgehead atoms. The lowest BCUT2D eigenvalue weighted by Crippen LogP contribution is -2.31. The van der Waals surface area contributed by atoms with Crippen molar-refractivity contribution in [3.63, 3.8) is 0 Å². The van der Waals surface area contributed by atoms with E-state index in [0.717, 1.165) is 30.8 Å². The summed E-state index contributed by atoms with van der Waals surface area (Å²) in [5.41, 5.74) is 0.915. The van der Waals surface area contributed by atoms with Gasteiger partial charge < -0.3 is 9.42 Å². The number of nitrogens with zero attached hydrogens (tertiary/aromatic N) is 2. The fraction of sp³-hybridized carbons (Fsp3) is 0.733. The van der Waals surface area contributed by atoms with Crippen LogP contribution in [0.4, 0.5) is 0 Å². The number of rotatable bonds is 4. The predicted molar refractivity (Wildman–Crippen MR) is 73.7 cm³/mol. The Labute approximate surface area is 115 Å². The van der Waals surface area contributed by atoms with E-state index in [1.807, 2.05) is 11.0 Å². The van der Waals surface area contributed by atoms with Gasteiger partial charge in [0.1, 0.15) is 11.5 Å². The Morgan fingerprint density at radius 1 is 1.47 bits per heavy atom. The molecule has 4 nitrogen and oxygen atoms in total. The molecule has 0 aromatic carbocycles. The van der Waals surface area contributed by atoms with Crippen molar-refractivity contribution in [1.29, 1.82) is 0 Å². The van der Waals surface area contributed by atoms with Gasteiger partial charge in [-0.3, -0.25) is 4.79 Å². The van der Waals surface area contributed by atoms with E-state index in [2.05, 4.69) is 32.9 Å². The topological polar surface area (TPSA) is 46.3 Å². The smallest absolute Gasteiger partial charge is 0.223 e. The monoisotopic (exact) mass is 264 g/mol. The third-order valence-corrected chi connectivity index (χ3v) is 3.61. The number of carbonyl (C=O) groups excluding carboxylic acids is 1. The van der Waals surface area contributed by atoms with E-state index in [0.29, 0.717) is 18.3 Å². The Morgan fingerprint density at radius 2 is 2.21 bits per heavy atom. The number of carbonyl (C=O) groups is 1. The lowest BCUT2D eigenvalue weighted by Gasteiger charge is -2.23. The minimum absolute atomic E-state index is 0.113. The van der Waals surface area contributed by atoms with E-state index < -0.39 is 0 Å². The van der Waals surface area contributed by atoms with E-state index in [-0.39, 0.29) is 11.9 Å². The van der Waals surface area contributed by atoms with Crippen LogP contribution >= 0.6 is 0 Å². The molecule has 0 aliphatic carbocycles. The second-order valence-electron chi connectivity index (χ2n) is 6.15. The summed E-state index contributed by atoms with van der Waals surface area (Å²) in [6.07, 6.45) is 2.66. The first-order valence-corrected chi connectivity index (χ1v) is 7.25. The Balaban J connectivity index is 2.11. The van der Waals surface area contributed by atoms with E-state index in [1.54, 1.807) is 0 Å². The average molecular weight is 264 g/mol. The minimum atomic E-state index is 0.113. The van der Waals surface area contributed by atoms with Crippen LogP contribution < -0.4 is 0 Å². The van der Waals surface area contributed by atoms with Crippen molar-refractivity contribution in [1.82, 2.24) is 10.1 Å². The third-order valence-electron chi connectivity index (χ3n) is 3.61. The molecule has 0 N–H and O–H groups in total. The van der Waals surface area contributed by atoms with Crippen molar-refractivity contribution in [2.45, 2.75) is 58.9 Å². The number of amides is 1. The molecule has 0 spiro atoms. The SMILES string of the molecule is CC(C)CC(=O)N1CCC[C@@H]1c1cc(C(C)C)on1. The van der Waals surface area contributed by atoms with Crippen LogP contribution in [0.3, 0.4) is 0 Å². The lowest BCUT2D eigenvalue weighted by molar-refractivity contribution is -0.133. The molecule has 0 saturated carbocycles. The van der Waals surface area contributed by atoms with E-state index in [1.165, 1.54) is 0 Å². The van der Waals surface area contributed by atoms with Gasteiger partial charge in [-0.25, -0.2) is 0 Å². The van der Waals surface area contributed by atoms with Crippen LogP contribution in [0.15, 0.2) is 10.6 Å². The van der Waals surface area contributed by atoms with Gasteiger partial charge in [-0.1, -0.05) is 32.9 Å². The van der Waals surface area contributed by atoms with E-state index >= 15 is 0 Å².